The number of hydrogen-bond donors (Lipinski definition) is 1. The van der Waals surface area contributed by atoms with Gasteiger partial charge in [-0.2, -0.15) is 10.1 Å². The fraction of sp³-hybridized carbons (Fsp3) is 0.115. The summed E-state index contributed by atoms with van der Waals surface area (Å²) in [7, 11) is 1.56. The first kappa shape index (κ1) is 23.3. The summed E-state index contributed by atoms with van der Waals surface area (Å²) in [6.45, 7) is 2.14. The highest BCUT2D eigenvalue weighted by Crippen LogP contribution is 2.36. The van der Waals surface area contributed by atoms with Gasteiger partial charge in [0.2, 0.25) is 0 Å². The van der Waals surface area contributed by atoms with Gasteiger partial charge in [0, 0.05) is 4.47 Å². The molecular weight excluding hydrogens is 500 g/mol. The zero-order valence-corrected chi connectivity index (χ0v) is 20.1. The van der Waals surface area contributed by atoms with E-state index in [2.05, 4.69) is 21.0 Å². The number of anilines is 1. The number of methoxy groups -OCH3 is 1. The molecule has 0 aromatic heterocycles. The Morgan fingerprint density at radius 3 is 2.44 bits per heavy atom. The van der Waals surface area contributed by atoms with Crippen LogP contribution in [-0.4, -0.2) is 29.8 Å². The Bertz CT molecular complexity index is 1300. The molecule has 34 heavy (non-hydrogen) atoms. The maximum Gasteiger partial charge on any atom is 0.335 e. The Labute approximate surface area is 205 Å². The van der Waals surface area contributed by atoms with Crippen LogP contribution in [0.15, 0.2) is 81.9 Å². The number of hydrazone groups is 1. The third-order valence-corrected chi connectivity index (χ3v) is 5.93. The molecule has 1 heterocycles. The van der Waals surface area contributed by atoms with E-state index in [0.29, 0.717) is 35.1 Å². The molecule has 0 fully saturated rings. The first-order chi connectivity index (χ1) is 16.4. The minimum Gasteiger partial charge on any atom is -0.493 e. The molecule has 0 saturated heterocycles. The van der Waals surface area contributed by atoms with Crippen molar-refractivity contribution in [3.05, 3.63) is 93.5 Å². The van der Waals surface area contributed by atoms with Crippen LogP contribution in [0.3, 0.4) is 0 Å². The number of carboxylic acid groups (broad SMARTS) is 1. The van der Waals surface area contributed by atoms with Gasteiger partial charge >= 0.3 is 5.97 Å². The lowest BCUT2D eigenvalue weighted by Crippen LogP contribution is -2.21. The number of carbonyl (C=O) groups excluding carboxylic acids is 1. The van der Waals surface area contributed by atoms with E-state index in [9.17, 15) is 9.59 Å². The number of ether oxygens (including phenoxy) is 2. The number of benzene rings is 3. The number of aromatic carboxylic acids is 1. The van der Waals surface area contributed by atoms with Crippen molar-refractivity contribution in [2.45, 2.75) is 13.5 Å². The number of rotatable bonds is 7. The van der Waals surface area contributed by atoms with Gasteiger partial charge in [-0.25, -0.2) is 4.79 Å². The van der Waals surface area contributed by atoms with Gasteiger partial charge in [-0.1, -0.05) is 46.3 Å². The molecule has 3 aromatic carbocycles. The smallest absolute Gasteiger partial charge is 0.335 e. The first-order valence-electron chi connectivity index (χ1n) is 10.4. The zero-order valence-electron chi connectivity index (χ0n) is 18.5. The van der Waals surface area contributed by atoms with E-state index in [-0.39, 0.29) is 11.5 Å². The molecule has 0 radical (unpaired) electrons. The molecule has 1 amide bonds. The molecule has 1 N–H and O–H groups in total. The fourth-order valence-corrected chi connectivity index (χ4v) is 3.87. The summed E-state index contributed by atoms with van der Waals surface area (Å²) in [5.41, 5.74) is 3.35. The van der Waals surface area contributed by atoms with Crippen molar-refractivity contribution < 1.29 is 24.2 Å². The molecule has 0 aliphatic carbocycles. The summed E-state index contributed by atoms with van der Waals surface area (Å²) in [4.78, 5) is 24.2. The lowest BCUT2D eigenvalue weighted by Gasteiger charge is -2.14. The van der Waals surface area contributed by atoms with Crippen LogP contribution in [0.2, 0.25) is 0 Å². The number of nitrogens with zero attached hydrogens (tertiary/aromatic N) is 2. The molecule has 0 unspecified atom stereocenters. The molecule has 0 bridgehead atoms. The normalized spacial score (nSPS) is 14.3. The summed E-state index contributed by atoms with van der Waals surface area (Å²) in [5.74, 6) is -0.235. The van der Waals surface area contributed by atoms with Crippen LogP contribution in [0.1, 0.15) is 28.4 Å². The molecule has 8 heteroatoms. The molecule has 3 aromatic rings. The Hall–Kier alpha value is -3.91. The summed E-state index contributed by atoms with van der Waals surface area (Å²) >= 11 is 3.56. The van der Waals surface area contributed by atoms with E-state index >= 15 is 0 Å². The van der Waals surface area contributed by atoms with E-state index in [1.807, 2.05) is 36.4 Å². The lowest BCUT2D eigenvalue weighted by molar-refractivity contribution is -0.114. The molecule has 172 valence electrons. The van der Waals surface area contributed by atoms with Crippen molar-refractivity contribution in [3.63, 3.8) is 0 Å². The van der Waals surface area contributed by atoms with Crippen LogP contribution in [0.25, 0.3) is 6.08 Å². The number of halogens is 1. The Balaban J connectivity index is 1.58. The molecule has 0 saturated carbocycles. The van der Waals surface area contributed by atoms with Crippen molar-refractivity contribution in [2.75, 3.05) is 12.1 Å². The number of carbonyl (C=O) groups is 2. The van der Waals surface area contributed by atoms with Crippen LogP contribution in [-0.2, 0) is 11.4 Å². The van der Waals surface area contributed by atoms with E-state index in [0.717, 1.165) is 15.6 Å². The van der Waals surface area contributed by atoms with Crippen molar-refractivity contribution in [3.8, 4) is 11.5 Å². The van der Waals surface area contributed by atoms with Gasteiger partial charge in [0.25, 0.3) is 5.91 Å². The highest BCUT2D eigenvalue weighted by Gasteiger charge is 2.29. The van der Waals surface area contributed by atoms with Crippen molar-refractivity contribution in [1.82, 2.24) is 0 Å². The third kappa shape index (κ3) is 4.87. The van der Waals surface area contributed by atoms with E-state index in [4.69, 9.17) is 14.6 Å². The molecular formula is C26H21BrN2O5. The summed E-state index contributed by atoms with van der Waals surface area (Å²) in [6.07, 6.45) is 1.74. The van der Waals surface area contributed by atoms with Gasteiger partial charge in [0.15, 0.2) is 11.5 Å². The predicted octanol–water partition coefficient (Wildman–Crippen LogP) is 5.54. The molecule has 7 nitrogen and oxygen atoms in total. The van der Waals surface area contributed by atoms with Crippen LogP contribution in [0, 0.1) is 0 Å². The van der Waals surface area contributed by atoms with Gasteiger partial charge in [0.05, 0.1) is 29.6 Å². The second kappa shape index (κ2) is 9.93. The lowest BCUT2D eigenvalue weighted by atomic mass is 10.1. The van der Waals surface area contributed by atoms with Crippen molar-refractivity contribution >= 4 is 45.3 Å². The van der Waals surface area contributed by atoms with Gasteiger partial charge < -0.3 is 14.6 Å². The second-order valence-electron chi connectivity index (χ2n) is 7.51. The second-order valence-corrected chi connectivity index (χ2v) is 8.37. The summed E-state index contributed by atoms with van der Waals surface area (Å²) in [5, 5.41) is 14.7. The van der Waals surface area contributed by atoms with Gasteiger partial charge in [-0.3, -0.25) is 4.79 Å². The average Bonchev–Trinajstić information content (AvgIpc) is 3.13. The number of hydrogen-bond acceptors (Lipinski definition) is 5. The van der Waals surface area contributed by atoms with Crippen molar-refractivity contribution in [2.24, 2.45) is 5.10 Å². The van der Waals surface area contributed by atoms with E-state index < -0.39 is 5.97 Å². The van der Waals surface area contributed by atoms with Gasteiger partial charge in [-0.15, -0.1) is 0 Å². The van der Waals surface area contributed by atoms with Crippen molar-refractivity contribution in [1.29, 1.82) is 0 Å². The van der Waals surface area contributed by atoms with Gasteiger partial charge in [0.1, 0.15) is 6.61 Å². The molecule has 0 atom stereocenters. The maximum atomic E-state index is 13.1. The minimum atomic E-state index is -1.03. The Morgan fingerprint density at radius 1 is 1.09 bits per heavy atom. The molecule has 1 aliphatic rings. The van der Waals surface area contributed by atoms with Crippen LogP contribution in [0.5, 0.6) is 11.5 Å². The topological polar surface area (TPSA) is 88.4 Å². The third-order valence-electron chi connectivity index (χ3n) is 5.24. The summed E-state index contributed by atoms with van der Waals surface area (Å²) in [6, 6.07) is 19.4. The Kier molecular flexibility index (Phi) is 6.79. The summed E-state index contributed by atoms with van der Waals surface area (Å²) < 4.78 is 12.2. The Morgan fingerprint density at radius 2 is 1.79 bits per heavy atom. The highest BCUT2D eigenvalue weighted by molar-refractivity contribution is 9.10. The maximum absolute atomic E-state index is 13.1. The SMILES string of the molecule is COc1cc(/C=C2\C(=O)N(c3ccc(C(=O)O)cc3)N=C2C)c(Br)cc1OCc1ccccc1. The molecule has 0 spiro atoms. The van der Waals surface area contributed by atoms with Crippen LogP contribution < -0.4 is 14.5 Å². The molecule has 1 aliphatic heterocycles. The van der Waals surface area contributed by atoms with Crippen LogP contribution in [0.4, 0.5) is 5.69 Å². The van der Waals surface area contributed by atoms with E-state index in [1.165, 1.54) is 17.1 Å². The monoisotopic (exact) mass is 520 g/mol. The molecule has 4 rings (SSSR count). The standard InChI is InChI=1S/C26H21BrN2O5/c1-16-21(25(30)29(28-16)20-10-8-18(9-11-20)26(31)32)12-19-13-23(33-2)24(14-22(19)27)34-15-17-6-4-3-5-7-17/h3-14H,15H2,1-2H3,(H,31,32)/b21-12-. The predicted molar refractivity (Wildman–Crippen MR) is 133 cm³/mol. The van der Waals surface area contributed by atoms with Crippen LogP contribution >= 0.6 is 15.9 Å². The minimum absolute atomic E-state index is 0.137. The van der Waals surface area contributed by atoms with Gasteiger partial charge in [-0.05, 0) is 60.5 Å². The quantitative estimate of drug-likeness (QED) is 0.413. The number of carboxylic acids is 1. The zero-order chi connectivity index (χ0) is 24.2. The number of amides is 1. The average molecular weight is 521 g/mol. The first-order valence-corrected chi connectivity index (χ1v) is 11.2. The largest absolute Gasteiger partial charge is 0.493 e. The van der Waals surface area contributed by atoms with E-state index in [1.54, 1.807) is 38.3 Å². The highest BCUT2D eigenvalue weighted by atomic mass is 79.9. The fourth-order valence-electron chi connectivity index (χ4n) is 3.43.